The summed E-state index contributed by atoms with van der Waals surface area (Å²) in [6, 6.07) is 14.7. The molecule has 2 amide bonds. The highest BCUT2D eigenvalue weighted by atomic mass is 32.1. The fourth-order valence-corrected chi connectivity index (χ4v) is 2.57. The molecule has 0 heterocycles. The first kappa shape index (κ1) is 20.6. The summed E-state index contributed by atoms with van der Waals surface area (Å²) in [4.78, 5) is 23.7. The van der Waals surface area contributed by atoms with E-state index in [0.717, 1.165) is 5.69 Å². The van der Waals surface area contributed by atoms with E-state index in [9.17, 15) is 9.59 Å². The van der Waals surface area contributed by atoms with Crippen LogP contribution in [0.1, 0.15) is 50.0 Å². The van der Waals surface area contributed by atoms with Crippen LogP contribution in [0.5, 0.6) is 0 Å². The van der Waals surface area contributed by atoms with Gasteiger partial charge in [-0.1, -0.05) is 39.8 Å². The Labute approximate surface area is 165 Å². The zero-order valence-electron chi connectivity index (χ0n) is 16.1. The van der Waals surface area contributed by atoms with Gasteiger partial charge in [-0.3, -0.25) is 9.59 Å². The molecule has 0 aromatic heterocycles. The molecule has 2 aromatic carbocycles. The van der Waals surface area contributed by atoms with Gasteiger partial charge in [-0.25, -0.2) is 0 Å². The first-order chi connectivity index (χ1) is 12.7. The van der Waals surface area contributed by atoms with Gasteiger partial charge in [0.15, 0.2) is 5.11 Å². The number of carbonyl (C=O) groups excluding carboxylic acids is 2. The van der Waals surface area contributed by atoms with Gasteiger partial charge in [0.1, 0.15) is 0 Å². The summed E-state index contributed by atoms with van der Waals surface area (Å²) < 4.78 is 0. The van der Waals surface area contributed by atoms with Crippen LogP contribution < -0.4 is 16.0 Å². The highest BCUT2D eigenvalue weighted by Gasteiger charge is 2.14. The third-order valence-electron chi connectivity index (χ3n) is 3.99. The van der Waals surface area contributed by atoms with Gasteiger partial charge >= 0.3 is 0 Å². The Morgan fingerprint density at radius 2 is 1.41 bits per heavy atom. The average molecular weight is 384 g/mol. The molecule has 2 rings (SSSR count). The Balaban J connectivity index is 1.96. The molecule has 0 radical (unpaired) electrons. The van der Waals surface area contributed by atoms with Crippen molar-refractivity contribution in [1.82, 2.24) is 5.32 Å². The fraction of sp³-hybridized carbons (Fsp3) is 0.286. The van der Waals surface area contributed by atoms with Gasteiger partial charge in [-0.15, -0.1) is 0 Å². The molecule has 0 aliphatic carbocycles. The van der Waals surface area contributed by atoms with Crippen molar-refractivity contribution in [2.24, 2.45) is 0 Å². The molecule has 0 fully saturated rings. The van der Waals surface area contributed by atoms with Gasteiger partial charge in [0.05, 0.1) is 0 Å². The molecule has 2 aromatic rings. The highest BCUT2D eigenvalue weighted by Crippen LogP contribution is 2.22. The molecule has 3 N–H and O–H groups in total. The smallest absolute Gasteiger partial charge is 0.255 e. The second-order valence-electron chi connectivity index (χ2n) is 7.21. The number of amides is 2. The lowest BCUT2D eigenvalue weighted by Gasteiger charge is -2.19. The Morgan fingerprint density at radius 1 is 0.889 bits per heavy atom. The van der Waals surface area contributed by atoms with Crippen LogP contribution in [-0.2, 0) is 10.2 Å². The lowest BCUT2D eigenvalue weighted by atomic mass is 9.87. The van der Waals surface area contributed by atoms with Gasteiger partial charge in [0.2, 0.25) is 5.91 Å². The summed E-state index contributed by atoms with van der Waals surface area (Å²) in [5, 5.41) is 8.62. The number of thiocarbonyl (C=S) groups is 1. The predicted molar refractivity (Wildman–Crippen MR) is 114 cm³/mol. The van der Waals surface area contributed by atoms with E-state index in [2.05, 4.69) is 36.7 Å². The molecular formula is C21H25N3O2S. The normalized spacial score (nSPS) is 10.8. The van der Waals surface area contributed by atoms with Crippen molar-refractivity contribution >= 4 is 40.5 Å². The SMILES string of the molecule is CCC(=O)NC(=S)Nc1ccc(NC(=O)c2ccc(C(C)(C)C)cc2)cc1. The first-order valence-corrected chi connectivity index (χ1v) is 9.22. The quantitative estimate of drug-likeness (QED) is 0.682. The molecule has 27 heavy (non-hydrogen) atoms. The monoisotopic (exact) mass is 383 g/mol. The lowest BCUT2D eigenvalue weighted by Crippen LogP contribution is -2.33. The Hall–Kier alpha value is -2.73. The molecule has 0 saturated carbocycles. The van der Waals surface area contributed by atoms with E-state index in [1.165, 1.54) is 5.56 Å². The minimum atomic E-state index is -0.165. The van der Waals surface area contributed by atoms with E-state index in [0.29, 0.717) is 17.7 Å². The summed E-state index contributed by atoms with van der Waals surface area (Å²) in [5.74, 6) is -0.309. The van der Waals surface area contributed by atoms with E-state index >= 15 is 0 Å². The molecule has 0 saturated heterocycles. The maximum Gasteiger partial charge on any atom is 0.255 e. The van der Waals surface area contributed by atoms with Crippen LogP contribution in [0.4, 0.5) is 11.4 Å². The summed E-state index contributed by atoms with van der Waals surface area (Å²) in [6.45, 7) is 8.16. The van der Waals surface area contributed by atoms with E-state index in [1.807, 2.05) is 24.3 Å². The fourth-order valence-electron chi connectivity index (χ4n) is 2.34. The van der Waals surface area contributed by atoms with Crippen molar-refractivity contribution in [2.75, 3.05) is 10.6 Å². The highest BCUT2D eigenvalue weighted by molar-refractivity contribution is 7.80. The molecule has 6 heteroatoms. The van der Waals surface area contributed by atoms with Crippen molar-refractivity contribution in [3.8, 4) is 0 Å². The molecule has 0 aliphatic rings. The maximum absolute atomic E-state index is 12.4. The molecule has 0 aliphatic heterocycles. The molecule has 0 atom stereocenters. The zero-order valence-corrected chi connectivity index (χ0v) is 16.9. The van der Waals surface area contributed by atoms with Crippen LogP contribution >= 0.6 is 12.2 Å². The number of hydrogen-bond acceptors (Lipinski definition) is 3. The molecule has 0 unspecified atom stereocenters. The molecule has 0 bridgehead atoms. The Morgan fingerprint density at radius 3 is 1.89 bits per heavy atom. The number of rotatable bonds is 4. The average Bonchev–Trinajstić information content (AvgIpc) is 2.62. The molecule has 142 valence electrons. The largest absolute Gasteiger partial charge is 0.332 e. The number of benzene rings is 2. The van der Waals surface area contributed by atoms with Gasteiger partial charge in [-0.2, -0.15) is 0 Å². The van der Waals surface area contributed by atoms with E-state index < -0.39 is 0 Å². The molecule has 5 nitrogen and oxygen atoms in total. The Kier molecular flexibility index (Phi) is 6.69. The Bertz CT molecular complexity index is 822. The number of nitrogens with one attached hydrogen (secondary N) is 3. The molecule has 0 spiro atoms. The summed E-state index contributed by atoms with van der Waals surface area (Å²) in [7, 11) is 0. The topological polar surface area (TPSA) is 70.2 Å². The summed E-state index contributed by atoms with van der Waals surface area (Å²) >= 11 is 5.07. The van der Waals surface area contributed by atoms with Crippen molar-refractivity contribution in [2.45, 2.75) is 39.5 Å². The van der Waals surface area contributed by atoms with Gasteiger partial charge < -0.3 is 16.0 Å². The molecular weight excluding hydrogens is 358 g/mol. The van der Waals surface area contributed by atoms with Crippen LogP contribution in [-0.4, -0.2) is 16.9 Å². The van der Waals surface area contributed by atoms with Crippen molar-refractivity contribution < 1.29 is 9.59 Å². The van der Waals surface area contributed by atoms with Crippen LogP contribution in [0.25, 0.3) is 0 Å². The number of anilines is 2. The minimum Gasteiger partial charge on any atom is -0.332 e. The number of carbonyl (C=O) groups is 2. The standard InChI is InChI=1S/C21H25N3O2S/c1-5-18(25)24-20(27)23-17-12-10-16(11-13-17)22-19(26)14-6-8-15(9-7-14)21(2,3)4/h6-13H,5H2,1-4H3,(H,22,26)(H2,23,24,25,27). The van der Waals surface area contributed by atoms with Crippen LogP contribution in [0, 0.1) is 0 Å². The van der Waals surface area contributed by atoms with E-state index in [4.69, 9.17) is 12.2 Å². The van der Waals surface area contributed by atoms with Crippen molar-refractivity contribution in [1.29, 1.82) is 0 Å². The van der Waals surface area contributed by atoms with Crippen molar-refractivity contribution in [3.05, 3.63) is 59.7 Å². The second kappa shape index (κ2) is 8.77. The van der Waals surface area contributed by atoms with Crippen LogP contribution in [0.3, 0.4) is 0 Å². The van der Waals surface area contributed by atoms with Crippen LogP contribution in [0.2, 0.25) is 0 Å². The third-order valence-corrected chi connectivity index (χ3v) is 4.19. The predicted octanol–water partition coefficient (Wildman–Crippen LogP) is 4.46. The second-order valence-corrected chi connectivity index (χ2v) is 7.62. The summed E-state index contributed by atoms with van der Waals surface area (Å²) in [5.41, 5.74) is 3.24. The minimum absolute atomic E-state index is 0.0506. The summed E-state index contributed by atoms with van der Waals surface area (Å²) in [6.07, 6.45) is 0.365. The van der Waals surface area contributed by atoms with E-state index in [1.54, 1.807) is 31.2 Å². The third kappa shape index (κ3) is 6.18. The zero-order chi connectivity index (χ0) is 20.0. The van der Waals surface area contributed by atoms with Gasteiger partial charge in [0, 0.05) is 23.4 Å². The number of hydrogen-bond donors (Lipinski definition) is 3. The lowest BCUT2D eigenvalue weighted by molar-refractivity contribution is -0.119. The van der Waals surface area contributed by atoms with Crippen molar-refractivity contribution in [3.63, 3.8) is 0 Å². The maximum atomic E-state index is 12.4. The van der Waals surface area contributed by atoms with Crippen LogP contribution in [0.15, 0.2) is 48.5 Å². The first-order valence-electron chi connectivity index (χ1n) is 8.82. The van der Waals surface area contributed by atoms with Gasteiger partial charge in [0.25, 0.3) is 5.91 Å². The van der Waals surface area contributed by atoms with E-state index in [-0.39, 0.29) is 22.3 Å². The van der Waals surface area contributed by atoms with Gasteiger partial charge in [-0.05, 0) is 59.6 Å².